The van der Waals surface area contributed by atoms with Gasteiger partial charge in [-0.05, 0) is 49.7 Å². The van der Waals surface area contributed by atoms with Crippen LogP contribution in [0.1, 0.15) is 37.7 Å². The Hall–Kier alpha value is -2.14. The van der Waals surface area contributed by atoms with Crippen molar-refractivity contribution in [3.8, 4) is 5.69 Å². The lowest BCUT2D eigenvalue weighted by Crippen LogP contribution is -2.49. The fourth-order valence-corrected chi connectivity index (χ4v) is 4.82. The first kappa shape index (κ1) is 17.3. The molecule has 138 valence electrons. The Morgan fingerprint density at radius 3 is 2.62 bits per heavy atom. The van der Waals surface area contributed by atoms with Crippen LogP contribution in [-0.4, -0.2) is 33.7 Å². The summed E-state index contributed by atoms with van der Waals surface area (Å²) < 4.78 is 1.86. The molecule has 0 saturated heterocycles. The number of benzene rings is 1. The smallest absolute Gasteiger partial charge is 0.225 e. The maximum atomic E-state index is 13.0. The van der Waals surface area contributed by atoms with Crippen LogP contribution in [0.3, 0.4) is 0 Å². The zero-order valence-corrected chi connectivity index (χ0v) is 15.4. The third kappa shape index (κ3) is 3.40. The molecule has 0 radical (unpaired) electrons. The van der Waals surface area contributed by atoms with E-state index in [4.69, 9.17) is 5.73 Å². The summed E-state index contributed by atoms with van der Waals surface area (Å²) in [5, 5.41) is 4.43. The van der Waals surface area contributed by atoms with E-state index in [-0.39, 0.29) is 11.8 Å². The summed E-state index contributed by atoms with van der Waals surface area (Å²) in [6, 6.07) is 10.3. The van der Waals surface area contributed by atoms with Gasteiger partial charge in [0, 0.05) is 37.3 Å². The second-order valence-electron chi connectivity index (χ2n) is 8.02. The van der Waals surface area contributed by atoms with Gasteiger partial charge in [-0.2, -0.15) is 5.10 Å². The van der Waals surface area contributed by atoms with E-state index in [0.29, 0.717) is 24.4 Å². The van der Waals surface area contributed by atoms with Gasteiger partial charge in [-0.1, -0.05) is 24.6 Å². The second kappa shape index (κ2) is 7.23. The fraction of sp³-hybridized carbons (Fsp3) is 0.524. The van der Waals surface area contributed by atoms with Crippen LogP contribution in [0.4, 0.5) is 0 Å². The maximum Gasteiger partial charge on any atom is 0.225 e. The average Bonchev–Trinajstić information content (AvgIpc) is 3.10. The predicted octanol–water partition coefficient (Wildman–Crippen LogP) is 2.98. The van der Waals surface area contributed by atoms with Crippen LogP contribution < -0.4 is 5.73 Å². The highest BCUT2D eigenvalue weighted by atomic mass is 16.2. The lowest BCUT2D eigenvalue weighted by Gasteiger charge is -2.44. The number of carbonyl (C=O) groups is 1. The van der Waals surface area contributed by atoms with E-state index in [9.17, 15) is 4.79 Å². The topological polar surface area (TPSA) is 64.2 Å². The molecular formula is C21H28N4O. The van der Waals surface area contributed by atoms with Gasteiger partial charge in [-0.3, -0.25) is 4.79 Å². The summed E-state index contributed by atoms with van der Waals surface area (Å²) in [6.45, 7) is 0.601. The van der Waals surface area contributed by atoms with Crippen LogP contribution in [-0.2, 0) is 11.3 Å². The van der Waals surface area contributed by atoms with E-state index < -0.39 is 0 Å². The Labute approximate surface area is 155 Å². The molecule has 1 amide bonds. The minimum Gasteiger partial charge on any atom is -0.341 e. The fourth-order valence-electron chi connectivity index (χ4n) is 4.82. The predicted molar refractivity (Wildman–Crippen MR) is 102 cm³/mol. The van der Waals surface area contributed by atoms with Crippen molar-refractivity contribution in [1.29, 1.82) is 0 Å². The maximum absolute atomic E-state index is 13.0. The Kier molecular flexibility index (Phi) is 4.81. The molecule has 0 aliphatic heterocycles. The standard InChI is InChI=1S/C21H28N4O/c1-24(13-15-12-23-25(14-15)19-8-3-2-4-9-19)21(26)18-10-16-6-5-7-17(11-18)20(16)22/h2-4,8-9,12,14,16-18,20H,5-7,10-11,13,22H2,1H3. The number of rotatable bonds is 4. The van der Waals surface area contributed by atoms with Crippen molar-refractivity contribution in [3.63, 3.8) is 0 Å². The molecule has 2 saturated carbocycles. The molecule has 5 nitrogen and oxygen atoms in total. The van der Waals surface area contributed by atoms with Gasteiger partial charge in [0.05, 0.1) is 11.9 Å². The van der Waals surface area contributed by atoms with Gasteiger partial charge >= 0.3 is 0 Å². The molecule has 4 rings (SSSR count). The van der Waals surface area contributed by atoms with Gasteiger partial charge < -0.3 is 10.6 Å². The molecule has 2 bridgehead atoms. The Balaban J connectivity index is 1.40. The molecule has 2 unspecified atom stereocenters. The number of hydrogen-bond donors (Lipinski definition) is 1. The Bertz CT molecular complexity index is 742. The number of fused-ring (bicyclic) bond motifs is 2. The van der Waals surface area contributed by atoms with Crippen LogP contribution in [0.25, 0.3) is 5.69 Å². The number of amides is 1. The first-order valence-corrected chi connectivity index (χ1v) is 9.71. The third-order valence-corrected chi connectivity index (χ3v) is 6.22. The molecule has 1 aromatic carbocycles. The molecule has 2 aliphatic carbocycles. The zero-order valence-electron chi connectivity index (χ0n) is 15.4. The van der Waals surface area contributed by atoms with Gasteiger partial charge in [-0.15, -0.1) is 0 Å². The average molecular weight is 352 g/mol. The quantitative estimate of drug-likeness (QED) is 0.920. The van der Waals surface area contributed by atoms with E-state index in [0.717, 1.165) is 24.1 Å². The minimum absolute atomic E-state index is 0.138. The molecule has 2 fully saturated rings. The van der Waals surface area contributed by atoms with Crippen LogP contribution in [0, 0.1) is 17.8 Å². The largest absolute Gasteiger partial charge is 0.341 e. The summed E-state index contributed by atoms with van der Waals surface area (Å²) in [4.78, 5) is 14.8. The van der Waals surface area contributed by atoms with Crippen molar-refractivity contribution in [3.05, 3.63) is 48.3 Å². The zero-order chi connectivity index (χ0) is 18.1. The van der Waals surface area contributed by atoms with Crippen molar-refractivity contribution < 1.29 is 4.79 Å². The molecule has 2 aromatic rings. The van der Waals surface area contributed by atoms with Gasteiger partial charge in [0.1, 0.15) is 0 Å². The Morgan fingerprint density at radius 2 is 1.92 bits per heavy atom. The summed E-state index contributed by atoms with van der Waals surface area (Å²) in [7, 11) is 1.91. The highest BCUT2D eigenvalue weighted by Crippen LogP contribution is 2.42. The number of aromatic nitrogens is 2. The van der Waals surface area contributed by atoms with E-state index in [1.807, 2.05) is 59.4 Å². The number of para-hydroxylation sites is 1. The van der Waals surface area contributed by atoms with Crippen molar-refractivity contribution in [2.24, 2.45) is 23.5 Å². The van der Waals surface area contributed by atoms with Gasteiger partial charge in [0.15, 0.2) is 0 Å². The van der Waals surface area contributed by atoms with Crippen molar-refractivity contribution in [1.82, 2.24) is 14.7 Å². The van der Waals surface area contributed by atoms with Gasteiger partial charge in [0.25, 0.3) is 0 Å². The van der Waals surface area contributed by atoms with Crippen molar-refractivity contribution in [2.45, 2.75) is 44.7 Å². The molecule has 26 heavy (non-hydrogen) atoms. The van der Waals surface area contributed by atoms with Gasteiger partial charge in [0.2, 0.25) is 5.91 Å². The summed E-state index contributed by atoms with van der Waals surface area (Å²) in [5.41, 5.74) is 8.45. The van der Waals surface area contributed by atoms with Crippen LogP contribution >= 0.6 is 0 Å². The van der Waals surface area contributed by atoms with E-state index in [2.05, 4.69) is 5.10 Å². The molecule has 1 aromatic heterocycles. The SMILES string of the molecule is CN(Cc1cnn(-c2ccccc2)c1)C(=O)C1CC2CCCC(C1)C2N. The highest BCUT2D eigenvalue weighted by Gasteiger charge is 2.41. The normalized spacial score (nSPS) is 27.9. The van der Waals surface area contributed by atoms with Crippen LogP contribution in [0.5, 0.6) is 0 Å². The van der Waals surface area contributed by atoms with E-state index in [1.54, 1.807) is 0 Å². The Morgan fingerprint density at radius 1 is 1.23 bits per heavy atom. The second-order valence-corrected chi connectivity index (χ2v) is 8.02. The summed E-state index contributed by atoms with van der Waals surface area (Å²) in [6.07, 6.45) is 9.43. The lowest BCUT2D eigenvalue weighted by molar-refractivity contribution is -0.137. The van der Waals surface area contributed by atoms with Crippen molar-refractivity contribution >= 4 is 5.91 Å². The monoisotopic (exact) mass is 352 g/mol. The first-order valence-electron chi connectivity index (χ1n) is 9.71. The van der Waals surface area contributed by atoms with Crippen molar-refractivity contribution in [2.75, 3.05) is 7.05 Å². The molecule has 1 heterocycles. The highest BCUT2D eigenvalue weighted by molar-refractivity contribution is 5.78. The van der Waals surface area contributed by atoms with Gasteiger partial charge in [-0.25, -0.2) is 4.68 Å². The molecular weight excluding hydrogens is 324 g/mol. The number of carbonyl (C=O) groups excluding carboxylic acids is 1. The van der Waals surface area contributed by atoms with E-state index in [1.165, 1.54) is 19.3 Å². The molecule has 2 aliphatic rings. The van der Waals surface area contributed by atoms with Crippen LogP contribution in [0.2, 0.25) is 0 Å². The first-order chi connectivity index (χ1) is 12.6. The summed E-state index contributed by atoms with van der Waals surface area (Å²) in [5.74, 6) is 1.47. The third-order valence-electron chi connectivity index (χ3n) is 6.22. The molecule has 2 atom stereocenters. The van der Waals surface area contributed by atoms with E-state index >= 15 is 0 Å². The number of nitrogens with zero attached hydrogens (tertiary/aromatic N) is 3. The van der Waals surface area contributed by atoms with Crippen LogP contribution in [0.15, 0.2) is 42.7 Å². The lowest BCUT2D eigenvalue weighted by atomic mass is 9.65. The number of hydrogen-bond acceptors (Lipinski definition) is 3. The number of nitrogens with two attached hydrogens (primary N) is 1. The molecule has 2 N–H and O–H groups in total. The molecule has 0 spiro atoms. The minimum atomic E-state index is 0.138. The summed E-state index contributed by atoms with van der Waals surface area (Å²) >= 11 is 0. The molecule has 5 heteroatoms.